The van der Waals surface area contributed by atoms with E-state index in [-0.39, 0.29) is 27.0 Å². The lowest BCUT2D eigenvalue weighted by molar-refractivity contribution is -0.0718. The lowest BCUT2D eigenvalue weighted by atomic mass is 9.62. The summed E-state index contributed by atoms with van der Waals surface area (Å²) in [5, 5.41) is 13.4. The lowest BCUT2D eigenvalue weighted by Gasteiger charge is -2.43. The summed E-state index contributed by atoms with van der Waals surface area (Å²) >= 11 is 0. The van der Waals surface area contributed by atoms with Gasteiger partial charge in [0.05, 0.1) is 0 Å². The van der Waals surface area contributed by atoms with Crippen molar-refractivity contribution in [2.75, 3.05) is 0 Å². The molecule has 0 bridgehead atoms. The van der Waals surface area contributed by atoms with Crippen LogP contribution in [-0.2, 0) is 16.4 Å². The Hall–Kier alpha value is -2.24. The van der Waals surface area contributed by atoms with Crippen molar-refractivity contribution in [2.24, 2.45) is 0 Å². The average Bonchev–Trinajstić information content (AvgIpc) is 2.80. The van der Waals surface area contributed by atoms with Crippen LogP contribution in [0.4, 0.5) is 8.78 Å². The summed E-state index contributed by atoms with van der Waals surface area (Å²) in [5.74, 6) is 0.787. The highest BCUT2D eigenvalue weighted by Crippen LogP contribution is 2.48. The molecule has 0 aromatic heterocycles. The molecule has 0 saturated heterocycles. The van der Waals surface area contributed by atoms with Gasteiger partial charge in [-0.2, -0.15) is 0 Å². The fraction of sp³-hybridized carbons (Fsp3) is 0.500. The highest BCUT2D eigenvalue weighted by Gasteiger charge is 2.44. The summed E-state index contributed by atoms with van der Waals surface area (Å²) in [6, 6.07) is 16.3. The maximum atomic E-state index is 14.7. The third-order valence-electron chi connectivity index (χ3n) is 9.04. The molecule has 0 aliphatic heterocycles. The zero-order chi connectivity index (χ0) is 27.6. The summed E-state index contributed by atoms with van der Waals surface area (Å²) < 4.78 is 35.9. The first kappa shape index (κ1) is 27.8. The smallest absolute Gasteiger partial charge is 0.275 e. The van der Waals surface area contributed by atoms with E-state index in [2.05, 4.69) is 61.6 Å². The van der Waals surface area contributed by atoms with E-state index in [1.807, 2.05) is 36.4 Å². The number of fused-ring (bicyclic) bond motifs is 2. The van der Waals surface area contributed by atoms with E-state index in [4.69, 9.17) is 4.43 Å². The van der Waals surface area contributed by atoms with Gasteiger partial charge in [-0.25, -0.2) is 8.78 Å². The number of hydrogen-bond acceptors (Lipinski definition) is 2. The SMILES string of the molecule is CC1(C)CCC(C)(C)c2cc(C(O)(c3ccc4cc(O[Si](C)(C)C(C)(C)C)ccc4c3)C(F)F)ccc21. The quantitative estimate of drug-likeness (QED) is 0.337. The zero-order valence-electron chi connectivity index (χ0n) is 23.8. The number of rotatable bonds is 5. The highest BCUT2D eigenvalue weighted by atomic mass is 28.4. The van der Waals surface area contributed by atoms with Gasteiger partial charge in [0.25, 0.3) is 6.43 Å². The highest BCUT2D eigenvalue weighted by molar-refractivity contribution is 6.74. The molecule has 0 fully saturated rings. The monoisotopic (exact) mass is 524 g/mol. The van der Waals surface area contributed by atoms with Gasteiger partial charge in [0.2, 0.25) is 8.32 Å². The van der Waals surface area contributed by atoms with Crippen molar-refractivity contribution in [3.8, 4) is 5.75 Å². The summed E-state index contributed by atoms with van der Waals surface area (Å²) in [4.78, 5) is 0. The summed E-state index contributed by atoms with van der Waals surface area (Å²) in [6.45, 7) is 19.7. The second kappa shape index (κ2) is 8.91. The molecule has 37 heavy (non-hydrogen) atoms. The molecule has 0 saturated carbocycles. The van der Waals surface area contributed by atoms with Crippen molar-refractivity contribution < 1.29 is 18.3 Å². The van der Waals surface area contributed by atoms with E-state index in [1.54, 1.807) is 18.2 Å². The third kappa shape index (κ3) is 4.85. The van der Waals surface area contributed by atoms with Crippen LogP contribution in [0.1, 0.15) is 83.6 Å². The van der Waals surface area contributed by atoms with Crippen molar-refractivity contribution in [1.82, 2.24) is 0 Å². The van der Waals surface area contributed by atoms with Crippen LogP contribution < -0.4 is 4.43 Å². The van der Waals surface area contributed by atoms with Crippen LogP contribution in [0.3, 0.4) is 0 Å². The summed E-state index contributed by atoms with van der Waals surface area (Å²) in [5.41, 5.74) is 0.0837. The van der Waals surface area contributed by atoms with E-state index in [0.717, 1.165) is 34.9 Å². The van der Waals surface area contributed by atoms with E-state index in [0.29, 0.717) is 0 Å². The zero-order valence-corrected chi connectivity index (χ0v) is 24.8. The molecule has 0 amide bonds. The average molecular weight is 525 g/mol. The summed E-state index contributed by atoms with van der Waals surface area (Å²) in [6.07, 6.45) is -0.972. The molecule has 1 atom stereocenters. The van der Waals surface area contributed by atoms with Crippen LogP contribution in [0.2, 0.25) is 18.1 Å². The molecule has 3 aromatic rings. The molecule has 200 valence electrons. The Kier molecular flexibility index (Phi) is 6.69. The van der Waals surface area contributed by atoms with Crippen molar-refractivity contribution in [3.05, 3.63) is 76.9 Å². The van der Waals surface area contributed by atoms with Crippen molar-refractivity contribution >= 4 is 19.1 Å². The van der Waals surface area contributed by atoms with Gasteiger partial charge in [-0.05, 0) is 93.0 Å². The minimum atomic E-state index is -2.98. The number of halogens is 2. The van der Waals surface area contributed by atoms with Crippen molar-refractivity contribution in [2.45, 2.75) is 102 Å². The van der Waals surface area contributed by atoms with Gasteiger partial charge in [0, 0.05) is 0 Å². The molecule has 5 heteroatoms. The topological polar surface area (TPSA) is 29.5 Å². The van der Waals surface area contributed by atoms with E-state index in [9.17, 15) is 13.9 Å². The number of benzene rings is 3. The third-order valence-corrected chi connectivity index (χ3v) is 13.4. The maximum absolute atomic E-state index is 14.7. The lowest BCUT2D eigenvalue weighted by Crippen LogP contribution is -2.43. The van der Waals surface area contributed by atoms with Crippen LogP contribution in [0.25, 0.3) is 10.8 Å². The van der Waals surface area contributed by atoms with Crippen LogP contribution in [0, 0.1) is 0 Å². The molecule has 0 radical (unpaired) electrons. The Bertz CT molecular complexity index is 1320. The number of alkyl halides is 2. The summed E-state index contributed by atoms with van der Waals surface area (Å²) in [7, 11) is -2.01. The first-order chi connectivity index (χ1) is 16.9. The van der Waals surface area contributed by atoms with Crippen LogP contribution in [0.15, 0.2) is 54.6 Å². The molecule has 1 aliphatic carbocycles. The van der Waals surface area contributed by atoms with Crippen LogP contribution in [0.5, 0.6) is 5.75 Å². The van der Waals surface area contributed by atoms with Gasteiger partial charge in [-0.1, -0.05) is 84.9 Å². The Labute approximate surface area is 222 Å². The molecule has 3 aromatic carbocycles. The minimum Gasteiger partial charge on any atom is -0.543 e. The Morgan fingerprint density at radius 2 is 1.30 bits per heavy atom. The van der Waals surface area contributed by atoms with E-state index >= 15 is 0 Å². The van der Waals surface area contributed by atoms with Crippen molar-refractivity contribution in [1.29, 1.82) is 0 Å². The van der Waals surface area contributed by atoms with Crippen LogP contribution >= 0.6 is 0 Å². The second-order valence-corrected chi connectivity index (χ2v) is 18.4. The van der Waals surface area contributed by atoms with E-state index < -0.39 is 20.3 Å². The number of aliphatic hydroxyl groups is 1. The Morgan fingerprint density at radius 3 is 1.89 bits per heavy atom. The van der Waals surface area contributed by atoms with Gasteiger partial charge in [-0.3, -0.25) is 0 Å². The van der Waals surface area contributed by atoms with Crippen LogP contribution in [-0.4, -0.2) is 19.8 Å². The Morgan fingerprint density at radius 1 is 0.784 bits per heavy atom. The molecule has 1 N–H and O–H groups in total. The van der Waals surface area contributed by atoms with E-state index in [1.165, 1.54) is 5.56 Å². The predicted molar refractivity (Wildman–Crippen MR) is 153 cm³/mol. The molecular formula is C32H42F2O2Si. The second-order valence-electron chi connectivity index (χ2n) is 13.7. The Balaban J connectivity index is 1.78. The van der Waals surface area contributed by atoms with Gasteiger partial charge < -0.3 is 9.53 Å². The molecule has 0 heterocycles. The largest absolute Gasteiger partial charge is 0.543 e. The molecule has 2 nitrogen and oxygen atoms in total. The fourth-order valence-corrected chi connectivity index (χ4v) is 6.24. The molecule has 4 rings (SSSR count). The molecule has 1 unspecified atom stereocenters. The molecule has 0 spiro atoms. The van der Waals surface area contributed by atoms with Crippen molar-refractivity contribution in [3.63, 3.8) is 0 Å². The molecular weight excluding hydrogens is 482 g/mol. The first-order valence-corrected chi connectivity index (χ1v) is 16.2. The standard InChI is InChI=1S/C32H42F2O2Si/c1-29(2,3)37(8,9)36-25-14-11-21-18-23(12-10-22(21)19-25)32(35,28(33)34)24-13-15-26-27(20-24)31(6,7)17-16-30(26,4)5/h10-15,18-20,28,35H,16-17H2,1-9H3. The van der Waals surface area contributed by atoms with Gasteiger partial charge in [0.15, 0.2) is 5.60 Å². The number of hydrogen-bond donors (Lipinski definition) is 1. The fourth-order valence-electron chi connectivity index (χ4n) is 5.22. The van der Waals surface area contributed by atoms with Gasteiger partial charge >= 0.3 is 0 Å². The first-order valence-electron chi connectivity index (χ1n) is 13.3. The maximum Gasteiger partial charge on any atom is 0.275 e. The minimum absolute atomic E-state index is 0.0283. The molecule has 1 aliphatic rings. The predicted octanol–water partition coefficient (Wildman–Crippen LogP) is 9.07. The van der Waals surface area contributed by atoms with Gasteiger partial charge in [0.1, 0.15) is 5.75 Å². The van der Waals surface area contributed by atoms with Gasteiger partial charge in [-0.15, -0.1) is 0 Å². The normalized spacial score (nSPS) is 18.9.